The number of rotatable bonds is 3. The average molecular weight is 313 g/mol. The lowest BCUT2D eigenvalue weighted by Gasteiger charge is -2.15. The van der Waals surface area contributed by atoms with Crippen molar-refractivity contribution in [2.75, 3.05) is 7.11 Å². The van der Waals surface area contributed by atoms with Gasteiger partial charge < -0.3 is 9.84 Å². The van der Waals surface area contributed by atoms with E-state index in [0.29, 0.717) is 5.75 Å². The van der Waals surface area contributed by atoms with Gasteiger partial charge in [0.05, 0.1) is 12.0 Å². The highest BCUT2D eigenvalue weighted by atomic mass is 79.9. The summed E-state index contributed by atoms with van der Waals surface area (Å²) in [6, 6.07) is 7.75. The van der Waals surface area contributed by atoms with Crippen molar-refractivity contribution in [3.8, 4) is 5.75 Å². The Hall–Kier alpha value is -0.840. The van der Waals surface area contributed by atoms with Crippen LogP contribution in [0.2, 0.25) is 0 Å². The number of thiophene rings is 1. The van der Waals surface area contributed by atoms with Crippen molar-refractivity contribution in [1.82, 2.24) is 0 Å². The van der Waals surface area contributed by atoms with Crippen LogP contribution in [0.15, 0.2) is 34.1 Å². The van der Waals surface area contributed by atoms with E-state index < -0.39 is 6.10 Å². The Balaban J connectivity index is 2.46. The van der Waals surface area contributed by atoms with E-state index in [4.69, 9.17) is 4.74 Å². The van der Waals surface area contributed by atoms with E-state index >= 15 is 0 Å². The SMILES string of the molecule is COc1ccc(C)cc1C(O)c1sccc1Br. The van der Waals surface area contributed by atoms with Gasteiger partial charge in [-0.05, 0) is 46.4 Å². The molecule has 0 saturated heterocycles. The lowest BCUT2D eigenvalue weighted by molar-refractivity contribution is 0.217. The quantitative estimate of drug-likeness (QED) is 0.931. The number of aliphatic hydroxyl groups excluding tert-OH is 1. The molecular formula is C13H13BrO2S. The molecule has 1 aromatic carbocycles. The molecule has 0 amide bonds. The minimum atomic E-state index is -0.653. The molecule has 0 aliphatic rings. The lowest BCUT2D eigenvalue weighted by Crippen LogP contribution is -2.01. The minimum absolute atomic E-state index is 0.653. The molecule has 2 rings (SSSR count). The van der Waals surface area contributed by atoms with Gasteiger partial charge in [0.1, 0.15) is 11.9 Å². The van der Waals surface area contributed by atoms with E-state index in [0.717, 1.165) is 20.5 Å². The summed E-state index contributed by atoms with van der Waals surface area (Å²) in [6.45, 7) is 2.00. The summed E-state index contributed by atoms with van der Waals surface area (Å²) in [4.78, 5) is 0.897. The molecule has 4 heteroatoms. The molecule has 2 nitrogen and oxygen atoms in total. The molecule has 1 aromatic heterocycles. The van der Waals surface area contributed by atoms with Gasteiger partial charge in [0, 0.05) is 10.0 Å². The predicted molar refractivity (Wildman–Crippen MR) is 73.8 cm³/mol. The smallest absolute Gasteiger partial charge is 0.125 e. The fourth-order valence-corrected chi connectivity index (χ4v) is 3.30. The van der Waals surface area contributed by atoms with E-state index in [1.165, 1.54) is 11.3 Å². The highest BCUT2D eigenvalue weighted by Crippen LogP contribution is 2.37. The molecule has 0 bridgehead atoms. The summed E-state index contributed by atoms with van der Waals surface area (Å²) < 4.78 is 6.22. The number of aliphatic hydroxyl groups is 1. The van der Waals surface area contributed by atoms with Crippen LogP contribution in [0.25, 0.3) is 0 Å². The van der Waals surface area contributed by atoms with Gasteiger partial charge in [-0.2, -0.15) is 0 Å². The van der Waals surface area contributed by atoms with Crippen molar-refractivity contribution in [3.05, 3.63) is 50.1 Å². The Morgan fingerprint density at radius 1 is 1.35 bits per heavy atom. The molecule has 1 heterocycles. The highest BCUT2D eigenvalue weighted by molar-refractivity contribution is 9.10. The Labute approximate surface area is 113 Å². The molecule has 2 aromatic rings. The number of ether oxygens (including phenoxy) is 1. The largest absolute Gasteiger partial charge is 0.496 e. The average Bonchev–Trinajstić information content (AvgIpc) is 2.74. The second-order valence-electron chi connectivity index (χ2n) is 3.78. The summed E-state index contributed by atoms with van der Waals surface area (Å²) in [5.41, 5.74) is 1.91. The Bertz CT molecular complexity index is 522. The number of hydrogen-bond acceptors (Lipinski definition) is 3. The number of benzene rings is 1. The van der Waals surface area contributed by atoms with Gasteiger partial charge >= 0.3 is 0 Å². The van der Waals surface area contributed by atoms with Crippen molar-refractivity contribution in [3.63, 3.8) is 0 Å². The zero-order valence-electron chi connectivity index (χ0n) is 9.61. The minimum Gasteiger partial charge on any atom is -0.496 e. The molecule has 0 radical (unpaired) electrons. The zero-order chi connectivity index (χ0) is 12.4. The first-order valence-electron chi connectivity index (χ1n) is 5.19. The van der Waals surface area contributed by atoms with Crippen molar-refractivity contribution in [1.29, 1.82) is 0 Å². The van der Waals surface area contributed by atoms with E-state index in [1.54, 1.807) is 7.11 Å². The molecule has 17 heavy (non-hydrogen) atoms. The molecule has 90 valence electrons. The molecule has 1 unspecified atom stereocenters. The van der Waals surface area contributed by atoms with Gasteiger partial charge in [-0.25, -0.2) is 0 Å². The standard InChI is InChI=1S/C13H13BrO2S/c1-8-3-4-11(16-2)9(7-8)12(15)13-10(14)5-6-17-13/h3-7,12,15H,1-2H3. The van der Waals surface area contributed by atoms with Crippen LogP contribution >= 0.6 is 27.3 Å². The van der Waals surface area contributed by atoms with Gasteiger partial charge in [-0.1, -0.05) is 11.6 Å². The van der Waals surface area contributed by atoms with Crippen LogP contribution in [-0.2, 0) is 0 Å². The van der Waals surface area contributed by atoms with Crippen molar-refractivity contribution >= 4 is 27.3 Å². The summed E-state index contributed by atoms with van der Waals surface area (Å²) in [7, 11) is 1.62. The van der Waals surface area contributed by atoms with E-state index in [2.05, 4.69) is 15.9 Å². The summed E-state index contributed by atoms with van der Waals surface area (Å²) in [6.07, 6.45) is -0.653. The molecule has 1 N–H and O–H groups in total. The van der Waals surface area contributed by atoms with Crippen LogP contribution in [0.3, 0.4) is 0 Å². The third kappa shape index (κ3) is 2.54. The van der Waals surface area contributed by atoms with Crippen LogP contribution < -0.4 is 4.74 Å². The number of aryl methyl sites for hydroxylation is 1. The number of hydrogen-bond donors (Lipinski definition) is 1. The van der Waals surface area contributed by atoms with Gasteiger partial charge in [-0.3, -0.25) is 0 Å². The molecule has 0 fully saturated rings. The third-order valence-electron chi connectivity index (χ3n) is 2.57. The van der Waals surface area contributed by atoms with Crippen molar-refractivity contribution in [2.24, 2.45) is 0 Å². The van der Waals surface area contributed by atoms with Gasteiger partial charge in [0.2, 0.25) is 0 Å². The summed E-state index contributed by atoms with van der Waals surface area (Å²) in [5.74, 6) is 0.711. The molecule has 0 spiro atoms. The van der Waals surface area contributed by atoms with Crippen LogP contribution in [0, 0.1) is 6.92 Å². The predicted octanol–water partition coefficient (Wildman–Crippen LogP) is 3.91. The van der Waals surface area contributed by atoms with Gasteiger partial charge in [-0.15, -0.1) is 11.3 Å². The van der Waals surface area contributed by atoms with Crippen LogP contribution in [0.1, 0.15) is 22.1 Å². The molecular weight excluding hydrogens is 300 g/mol. The molecule has 1 atom stereocenters. The van der Waals surface area contributed by atoms with Crippen molar-refractivity contribution in [2.45, 2.75) is 13.0 Å². The van der Waals surface area contributed by atoms with Gasteiger partial charge in [0.15, 0.2) is 0 Å². The normalized spacial score (nSPS) is 12.5. The molecule has 0 saturated carbocycles. The van der Waals surface area contributed by atoms with Crippen molar-refractivity contribution < 1.29 is 9.84 Å². The summed E-state index contributed by atoms with van der Waals surface area (Å²) in [5, 5.41) is 12.3. The van der Waals surface area contributed by atoms with E-state index in [1.807, 2.05) is 36.6 Å². The maximum absolute atomic E-state index is 10.4. The Kier molecular flexibility index (Phi) is 3.86. The van der Waals surface area contributed by atoms with E-state index in [9.17, 15) is 5.11 Å². The topological polar surface area (TPSA) is 29.5 Å². The molecule has 0 aliphatic carbocycles. The van der Waals surface area contributed by atoms with Gasteiger partial charge in [0.25, 0.3) is 0 Å². The second-order valence-corrected chi connectivity index (χ2v) is 5.58. The summed E-state index contributed by atoms with van der Waals surface area (Å²) >= 11 is 4.96. The lowest BCUT2D eigenvalue weighted by atomic mass is 10.0. The maximum Gasteiger partial charge on any atom is 0.125 e. The first-order chi connectivity index (χ1) is 8.13. The first kappa shape index (κ1) is 12.6. The second kappa shape index (κ2) is 5.21. The Morgan fingerprint density at radius 3 is 2.71 bits per heavy atom. The Morgan fingerprint density at radius 2 is 2.12 bits per heavy atom. The van der Waals surface area contributed by atoms with Crippen LogP contribution in [0.5, 0.6) is 5.75 Å². The fraction of sp³-hybridized carbons (Fsp3) is 0.231. The third-order valence-corrected chi connectivity index (χ3v) is 4.50. The molecule has 0 aliphatic heterocycles. The van der Waals surface area contributed by atoms with Crippen LogP contribution in [-0.4, -0.2) is 12.2 Å². The number of methoxy groups -OCH3 is 1. The first-order valence-corrected chi connectivity index (χ1v) is 6.86. The number of halogens is 1. The zero-order valence-corrected chi connectivity index (χ0v) is 12.0. The van der Waals surface area contributed by atoms with E-state index in [-0.39, 0.29) is 0 Å². The maximum atomic E-state index is 10.4. The fourth-order valence-electron chi connectivity index (χ4n) is 1.71. The highest BCUT2D eigenvalue weighted by Gasteiger charge is 2.19. The monoisotopic (exact) mass is 312 g/mol. The van der Waals surface area contributed by atoms with Crippen LogP contribution in [0.4, 0.5) is 0 Å².